The average molecular weight is 297 g/mol. The molecule has 112 valence electrons. The van der Waals surface area contributed by atoms with Gasteiger partial charge in [-0.2, -0.15) is 11.8 Å². The van der Waals surface area contributed by atoms with E-state index in [4.69, 9.17) is 4.74 Å². The summed E-state index contributed by atoms with van der Waals surface area (Å²) < 4.78 is 5.26. The first kappa shape index (κ1) is 16.9. The Morgan fingerprint density at radius 3 is 2.75 bits per heavy atom. The van der Waals surface area contributed by atoms with Crippen LogP contribution in [-0.2, 0) is 11.2 Å². The van der Waals surface area contributed by atoms with E-state index < -0.39 is 0 Å². The van der Waals surface area contributed by atoms with Crippen LogP contribution in [-0.4, -0.2) is 42.3 Å². The van der Waals surface area contributed by atoms with Crippen LogP contribution in [0.1, 0.15) is 18.9 Å². The van der Waals surface area contributed by atoms with E-state index in [1.807, 2.05) is 37.4 Å². The molecule has 2 unspecified atom stereocenters. The fourth-order valence-electron chi connectivity index (χ4n) is 2.01. The molecule has 0 saturated heterocycles. The minimum Gasteiger partial charge on any atom is -0.496 e. The van der Waals surface area contributed by atoms with Gasteiger partial charge in [-0.05, 0) is 31.2 Å². The first-order chi connectivity index (χ1) is 9.62. The van der Waals surface area contributed by atoms with Gasteiger partial charge >= 0.3 is 0 Å². The Bertz CT molecular complexity index is 421. The van der Waals surface area contributed by atoms with Gasteiger partial charge in [0.05, 0.1) is 13.7 Å². The maximum atomic E-state index is 11.9. The van der Waals surface area contributed by atoms with E-state index in [2.05, 4.69) is 5.32 Å². The number of benzene rings is 1. The molecule has 4 nitrogen and oxygen atoms in total. The monoisotopic (exact) mass is 297 g/mol. The van der Waals surface area contributed by atoms with Crippen LogP contribution in [0, 0.1) is 0 Å². The third-order valence-corrected chi connectivity index (χ3v) is 4.41. The third-order valence-electron chi connectivity index (χ3n) is 3.24. The summed E-state index contributed by atoms with van der Waals surface area (Å²) in [5, 5.41) is 12.2. The summed E-state index contributed by atoms with van der Waals surface area (Å²) in [5.41, 5.74) is 1.03. The third kappa shape index (κ3) is 5.06. The number of ether oxygens (including phenoxy) is 1. The Labute approximate surface area is 124 Å². The van der Waals surface area contributed by atoms with Crippen molar-refractivity contribution in [1.82, 2.24) is 5.32 Å². The number of rotatable bonds is 8. The maximum absolute atomic E-state index is 11.9. The van der Waals surface area contributed by atoms with Crippen molar-refractivity contribution in [3.8, 4) is 5.75 Å². The molecule has 2 atom stereocenters. The molecule has 0 aliphatic heterocycles. The molecular formula is C15H23NO3S. The zero-order valence-corrected chi connectivity index (χ0v) is 13.1. The van der Waals surface area contributed by atoms with Crippen molar-refractivity contribution in [2.24, 2.45) is 0 Å². The van der Waals surface area contributed by atoms with E-state index >= 15 is 0 Å². The molecule has 0 saturated carbocycles. The molecule has 20 heavy (non-hydrogen) atoms. The second kappa shape index (κ2) is 8.87. The second-order valence-corrected chi connectivity index (χ2v) is 5.70. The van der Waals surface area contributed by atoms with Gasteiger partial charge in [-0.1, -0.05) is 18.2 Å². The zero-order chi connectivity index (χ0) is 15.0. The van der Waals surface area contributed by atoms with Gasteiger partial charge in [0.2, 0.25) is 5.91 Å². The van der Waals surface area contributed by atoms with Crippen LogP contribution in [0.4, 0.5) is 0 Å². The Morgan fingerprint density at radius 2 is 2.15 bits per heavy atom. The molecule has 1 aromatic carbocycles. The molecule has 1 aromatic rings. The molecule has 0 fully saturated rings. The first-order valence-electron chi connectivity index (χ1n) is 6.67. The topological polar surface area (TPSA) is 58.6 Å². The minimum absolute atomic E-state index is 0.00379. The number of aliphatic hydroxyl groups excluding tert-OH is 1. The number of hydrogen-bond acceptors (Lipinski definition) is 4. The molecule has 2 N–H and O–H groups in total. The minimum atomic E-state index is -0.0415. The summed E-state index contributed by atoms with van der Waals surface area (Å²) >= 11 is 1.56. The van der Waals surface area contributed by atoms with Crippen molar-refractivity contribution in [3.05, 3.63) is 29.8 Å². The van der Waals surface area contributed by atoms with Crippen molar-refractivity contribution >= 4 is 17.7 Å². The lowest BCUT2D eigenvalue weighted by atomic mass is 10.1. The molecule has 0 heterocycles. The Balaban J connectivity index is 2.47. The van der Waals surface area contributed by atoms with Crippen LogP contribution < -0.4 is 10.1 Å². The van der Waals surface area contributed by atoms with Crippen molar-refractivity contribution in [1.29, 1.82) is 0 Å². The molecule has 0 bridgehead atoms. The smallest absolute Gasteiger partial charge is 0.220 e. The highest BCUT2D eigenvalue weighted by Crippen LogP contribution is 2.19. The summed E-state index contributed by atoms with van der Waals surface area (Å²) in [6.07, 6.45) is 2.99. The zero-order valence-electron chi connectivity index (χ0n) is 12.3. The quantitative estimate of drug-likeness (QED) is 0.769. The predicted octanol–water partition coefficient (Wildman–Crippen LogP) is 1.86. The summed E-state index contributed by atoms with van der Waals surface area (Å²) in [5.74, 6) is 0.807. The second-order valence-electron chi connectivity index (χ2n) is 4.62. The van der Waals surface area contributed by atoms with Crippen molar-refractivity contribution in [2.75, 3.05) is 20.0 Å². The number of methoxy groups -OCH3 is 1. The number of amides is 1. The number of aliphatic hydroxyl groups is 1. The van der Waals surface area contributed by atoms with Crippen LogP contribution >= 0.6 is 11.8 Å². The van der Waals surface area contributed by atoms with Crippen LogP contribution in [0.25, 0.3) is 0 Å². The number of carbonyl (C=O) groups excluding carboxylic acids is 1. The molecule has 1 rings (SSSR count). The van der Waals surface area contributed by atoms with Crippen LogP contribution in [0.15, 0.2) is 24.3 Å². The van der Waals surface area contributed by atoms with Gasteiger partial charge in [0, 0.05) is 17.7 Å². The number of thioether (sulfide) groups is 1. The van der Waals surface area contributed by atoms with Gasteiger partial charge < -0.3 is 15.2 Å². The average Bonchev–Trinajstić information content (AvgIpc) is 2.46. The van der Waals surface area contributed by atoms with Crippen LogP contribution in [0.5, 0.6) is 5.75 Å². The van der Waals surface area contributed by atoms with Crippen molar-refractivity contribution in [2.45, 2.75) is 31.1 Å². The van der Waals surface area contributed by atoms with Gasteiger partial charge in [0.1, 0.15) is 5.75 Å². The number of aryl methyl sites for hydroxylation is 1. The van der Waals surface area contributed by atoms with Gasteiger partial charge in [0.25, 0.3) is 0 Å². The highest BCUT2D eigenvalue weighted by molar-refractivity contribution is 7.99. The summed E-state index contributed by atoms with van der Waals surface area (Å²) in [7, 11) is 1.63. The maximum Gasteiger partial charge on any atom is 0.220 e. The summed E-state index contributed by atoms with van der Waals surface area (Å²) in [4.78, 5) is 11.9. The SMILES string of the molecule is COc1ccccc1CCC(=O)NC(C)C(CO)SC. The molecular weight excluding hydrogens is 274 g/mol. The number of hydrogen-bond donors (Lipinski definition) is 2. The number of carbonyl (C=O) groups is 1. The first-order valence-corrected chi connectivity index (χ1v) is 7.96. The normalized spacial score (nSPS) is 13.6. The lowest BCUT2D eigenvalue weighted by Crippen LogP contribution is -2.41. The molecule has 0 aromatic heterocycles. The lowest BCUT2D eigenvalue weighted by molar-refractivity contribution is -0.121. The Kier molecular flexibility index (Phi) is 7.47. The number of para-hydroxylation sites is 1. The van der Waals surface area contributed by atoms with Crippen molar-refractivity contribution in [3.63, 3.8) is 0 Å². The van der Waals surface area contributed by atoms with Gasteiger partial charge in [-0.15, -0.1) is 0 Å². The van der Waals surface area contributed by atoms with E-state index in [1.54, 1.807) is 18.9 Å². The fourth-order valence-corrected chi connectivity index (χ4v) is 2.64. The summed E-state index contributed by atoms with van der Waals surface area (Å²) in [6.45, 7) is 1.98. The van der Waals surface area contributed by atoms with Gasteiger partial charge in [0.15, 0.2) is 0 Å². The molecule has 5 heteroatoms. The lowest BCUT2D eigenvalue weighted by Gasteiger charge is -2.21. The molecule has 0 spiro atoms. The van der Waals surface area contributed by atoms with Crippen LogP contribution in [0.3, 0.4) is 0 Å². The number of nitrogens with one attached hydrogen (secondary N) is 1. The van der Waals surface area contributed by atoms with Crippen molar-refractivity contribution < 1.29 is 14.6 Å². The molecule has 0 aliphatic carbocycles. The van der Waals surface area contributed by atoms with E-state index in [0.717, 1.165) is 11.3 Å². The Hall–Kier alpha value is -1.20. The molecule has 0 aliphatic rings. The predicted molar refractivity (Wildman–Crippen MR) is 83.3 cm³/mol. The largest absolute Gasteiger partial charge is 0.496 e. The molecule has 0 radical (unpaired) electrons. The van der Waals surface area contributed by atoms with E-state index in [-0.39, 0.29) is 23.8 Å². The Morgan fingerprint density at radius 1 is 1.45 bits per heavy atom. The standard InChI is InChI=1S/C15H23NO3S/c1-11(14(10-17)20-3)16-15(18)9-8-12-6-4-5-7-13(12)19-2/h4-7,11,14,17H,8-10H2,1-3H3,(H,16,18). The van der Waals surface area contributed by atoms with Gasteiger partial charge in [-0.3, -0.25) is 4.79 Å². The van der Waals surface area contributed by atoms with E-state index in [0.29, 0.717) is 12.8 Å². The highest BCUT2D eigenvalue weighted by Gasteiger charge is 2.17. The fraction of sp³-hybridized carbons (Fsp3) is 0.533. The molecule has 1 amide bonds. The summed E-state index contributed by atoms with van der Waals surface area (Å²) in [6, 6.07) is 7.67. The highest BCUT2D eigenvalue weighted by atomic mass is 32.2. The van der Waals surface area contributed by atoms with Crippen LogP contribution in [0.2, 0.25) is 0 Å². The van der Waals surface area contributed by atoms with Gasteiger partial charge in [-0.25, -0.2) is 0 Å². The van der Waals surface area contributed by atoms with E-state index in [1.165, 1.54) is 0 Å². The van der Waals surface area contributed by atoms with E-state index in [9.17, 15) is 9.90 Å².